The van der Waals surface area contributed by atoms with E-state index >= 15 is 0 Å². The van der Waals surface area contributed by atoms with Gasteiger partial charge in [-0.25, -0.2) is 9.10 Å². The molecule has 0 fully saturated rings. The number of ether oxygens (including phenoxy) is 1. The van der Waals surface area contributed by atoms with Crippen LogP contribution in [0.3, 0.4) is 0 Å². The zero-order valence-electron chi connectivity index (χ0n) is 9.22. The highest BCUT2D eigenvalue weighted by atomic mass is 32.1. The van der Waals surface area contributed by atoms with E-state index in [9.17, 15) is 4.79 Å². The maximum atomic E-state index is 10.9. The summed E-state index contributed by atoms with van der Waals surface area (Å²) < 4.78 is 6.58. The molecule has 1 rings (SSSR count). The number of benzene rings is 1. The minimum absolute atomic E-state index is 0.602. The fourth-order valence-electron chi connectivity index (χ4n) is 1.17. The molecule has 0 radical (unpaired) electrons. The van der Waals surface area contributed by atoms with Gasteiger partial charge < -0.3 is 10.5 Å². The Labute approximate surface area is 101 Å². The summed E-state index contributed by atoms with van der Waals surface area (Å²) in [5, 5.41) is 0. The molecule has 0 saturated heterocycles. The third-order valence-corrected chi connectivity index (χ3v) is 2.47. The number of nitrogens with zero attached hydrogens (tertiary/aromatic N) is 1. The number of urea groups is 1. The van der Waals surface area contributed by atoms with Crippen molar-refractivity contribution >= 4 is 24.5 Å². The minimum atomic E-state index is -0.617. The summed E-state index contributed by atoms with van der Waals surface area (Å²) in [5.74, 6) is 0.714. The van der Waals surface area contributed by atoms with Gasteiger partial charge in [0.05, 0.1) is 12.3 Å². The molecule has 0 aliphatic carbocycles. The molecule has 0 spiro atoms. The minimum Gasteiger partial charge on any atom is -0.494 e. The van der Waals surface area contributed by atoms with Crippen LogP contribution in [0, 0.1) is 0 Å². The fourth-order valence-corrected chi connectivity index (χ4v) is 1.29. The van der Waals surface area contributed by atoms with Crippen LogP contribution >= 0.6 is 12.8 Å². The van der Waals surface area contributed by atoms with E-state index in [0.29, 0.717) is 18.0 Å². The number of thiol groups is 1. The zero-order valence-corrected chi connectivity index (χ0v) is 10.1. The number of hydrogen-bond acceptors (Lipinski definition) is 3. The number of hydrogen-bond donors (Lipinski definition) is 2. The third-order valence-electron chi connectivity index (χ3n) is 2.04. The summed E-state index contributed by atoms with van der Waals surface area (Å²) >= 11 is 3.97. The Morgan fingerprint density at radius 3 is 2.94 bits per heavy atom. The van der Waals surface area contributed by atoms with Gasteiger partial charge in [0.15, 0.2) is 0 Å². The summed E-state index contributed by atoms with van der Waals surface area (Å²) in [4.78, 5) is 10.9. The summed E-state index contributed by atoms with van der Waals surface area (Å²) in [6, 6.07) is 6.48. The van der Waals surface area contributed by atoms with Crippen molar-refractivity contribution in [2.45, 2.75) is 19.8 Å². The number of nitrogens with two attached hydrogens (primary N) is 1. The van der Waals surface area contributed by atoms with Crippen molar-refractivity contribution < 1.29 is 9.53 Å². The second kappa shape index (κ2) is 6.27. The molecule has 0 aromatic heterocycles. The smallest absolute Gasteiger partial charge is 0.329 e. The molecule has 5 heteroatoms. The van der Waals surface area contributed by atoms with Gasteiger partial charge in [0, 0.05) is 6.07 Å². The Balaban J connectivity index is 2.67. The van der Waals surface area contributed by atoms with Gasteiger partial charge >= 0.3 is 6.03 Å². The normalized spacial score (nSPS) is 9.88. The number of anilines is 1. The van der Waals surface area contributed by atoms with Gasteiger partial charge in [-0.3, -0.25) is 0 Å². The Hall–Kier alpha value is -1.36. The molecule has 0 bridgehead atoms. The summed E-state index contributed by atoms with van der Waals surface area (Å²) in [6.07, 6.45) is 2.09. The maximum absolute atomic E-state index is 10.9. The first-order valence-corrected chi connectivity index (χ1v) is 5.56. The second-order valence-electron chi connectivity index (χ2n) is 3.35. The van der Waals surface area contributed by atoms with Gasteiger partial charge in [-0.2, -0.15) is 0 Å². The van der Waals surface area contributed by atoms with Crippen molar-refractivity contribution in [1.29, 1.82) is 0 Å². The van der Waals surface area contributed by atoms with E-state index in [1.165, 1.54) is 0 Å². The van der Waals surface area contributed by atoms with Crippen molar-refractivity contribution in [3.8, 4) is 5.75 Å². The molecule has 2 N–H and O–H groups in total. The predicted octanol–water partition coefficient (Wildman–Crippen LogP) is 2.60. The Morgan fingerprint density at radius 2 is 2.31 bits per heavy atom. The van der Waals surface area contributed by atoms with E-state index in [1.807, 2.05) is 6.07 Å². The number of amides is 2. The van der Waals surface area contributed by atoms with Gasteiger partial charge in [0.25, 0.3) is 0 Å². The van der Waals surface area contributed by atoms with Crippen LogP contribution in [-0.2, 0) is 0 Å². The Bertz CT molecular complexity index is 358. The van der Waals surface area contributed by atoms with Crippen LogP contribution in [0.2, 0.25) is 0 Å². The van der Waals surface area contributed by atoms with Gasteiger partial charge in [0.2, 0.25) is 0 Å². The molecule has 1 aromatic rings. The quantitative estimate of drug-likeness (QED) is 0.614. The molecule has 0 aliphatic heterocycles. The standard InChI is InChI=1S/C11H16N2O2S/c1-2-3-7-15-10-6-4-5-9(8-10)13(16)11(12)14/h4-6,8,16H,2-3,7H2,1H3,(H2,12,14). The first-order valence-electron chi connectivity index (χ1n) is 5.16. The van der Waals surface area contributed by atoms with Crippen LogP contribution in [0.4, 0.5) is 10.5 Å². The lowest BCUT2D eigenvalue weighted by atomic mass is 10.3. The lowest BCUT2D eigenvalue weighted by Gasteiger charge is -2.13. The van der Waals surface area contributed by atoms with Crippen molar-refractivity contribution in [2.24, 2.45) is 5.73 Å². The molecule has 0 saturated carbocycles. The SMILES string of the molecule is CCCCOc1cccc(N(S)C(N)=O)c1. The molecule has 2 amide bonds. The first-order chi connectivity index (χ1) is 7.65. The topological polar surface area (TPSA) is 55.6 Å². The lowest BCUT2D eigenvalue weighted by molar-refractivity contribution is 0.257. The number of carbonyl (C=O) groups is 1. The average molecular weight is 240 g/mol. The van der Waals surface area contributed by atoms with Crippen molar-refractivity contribution in [2.75, 3.05) is 10.9 Å². The van der Waals surface area contributed by atoms with Crippen LogP contribution in [0.15, 0.2) is 24.3 Å². The number of rotatable bonds is 5. The Kier molecular flexibility index (Phi) is 4.98. The monoisotopic (exact) mass is 240 g/mol. The lowest BCUT2D eigenvalue weighted by Crippen LogP contribution is -2.27. The molecule has 0 atom stereocenters. The van der Waals surface area contributed by atoms with Gasteiger partial charge in [-0.15, -0.1) is 0 Å². The molecule has 4 nitrogen and oxygen atoms in total. The van der Waals surface area contributed by atoms with E-state index < -0.39 is 6.03 Å². The van der Waals surface area contributed by atoms with E-state index in [2.05, 4.69) is 19.7 Å². The molecule has 0 unspecified atom stereocenters. The van der Waals surface area contributed by atoms with Crippen LogP contribution in [0.5, 0.6) is 5.75 Å². The summed E-state index contributed by atoms with van der Waals surface area (Å²) in [5.41, 5.74) is 5.71. The first kappa shape index (κ1) is 12.7. The van der Waals surface area contributed by atoms with E-state index in [4.69, 9.17) is 10.5 Å². The van der Waals surface area contributed by atoms with Crippen LogP contribution in [0.1, 0.15) is 19.8 Å². The number of primary amides is 1. The predicted molar refractivity (Wildman–Crippen MR) is 67.9 cm³/mol. The maximum Gasteiger partial charge on any atom is 0.329 e. The van der Waals surface area contributed by atoms with Crippen molar-refractivity contribution in [3.63, 3.8) is 0 Å². The van der Waals surface area contributed by atoms with E-state index in [0.717, 1.165) is 17.1 Å². The fraction of sp³-hybridized carbons (Fsp3) is 0.364. The van der Waals surface area contributed by atoms with Crippen molar-refractivity contribution in [1.82, 2.24) is 0 Å². The molecule has 1 aromatic carbocycles. The molecule has 0 aliphatic rings. The zero-order chi connectivity index (χ0) is 12.0. The Morgan fingerprint density at radius 1 is 1.56 bits per heavy atom. The van der Waals surface area contributed by atoms with Crippen LogP contribution < -0.4 is 14.8 Å². The third kappa shape index (κ3) is 3.66. The summed E-state index contributed by atoms with van der Waals surface area (Å²) in [7, 11) is 0. The summed E-state index contributed by atoms with van der Waals surface area (Å²) in [6.45, 7) is 2.77. The van der Waals surface area contributed by atoms with Gasteiger partial charge in [-0.1, -0.05) is 32.2 Å². The van der Waals surface area contributed by atoms with E-state index in [1.54, 1.807) is 18.2 Å². The van der Waals surface area contributed by atoms with Gasteiger partial charge in [0.1, 0.15) is 5.75 Å². The number of unbranched alkanes of at least 4 members (excludes halogenated alkanes) is 1. The molecular formula is C11H16N2O2S. The molecular weight excluding hydrogens is 224 g/mol. The highest BCUT2D eigenvalue weighted by molar-refractivity contribution is 7.82. The van der Waals surface area contributed by atoms with Crippen molar-refractivity contribution in [3.05, 3.63) is 24.3 Å². The average Bonchev–Trinajstić information content (AvgIpc) is 2.29. The van der Waals surface area contributed by atoms with Crippen LogP contribution in [0.25, 0.3) is 0 Å². The molecule has 16 heavy (non-hydrogen) atoms. The largest absolute Gasteiger partial charge is 0.494 e. The second-order valence-corrected chi connectivity index (χ2v) is 3.75. The highest BCUT2D eigenvalue weighted by Gasteiger charge is 2.07. The van der Waals surface area contributed by atoms with Gasteiger partial charge in [-0.05, 0) is 18.6 Å². The van der Waals surface area contributed by atoms with E-state index in [-0.39, 0.29) is 0 Å². The van der Waals surface area contributed by atoms with Crippen LogP contribution in [-0.4, -0.2) is 12.6 Å². The molecule has 0 heterocycles. The number of carbonyl (C=O) groups excluding carboxylic acids is 1. The highest BCUT2D eigenvalue weighted by Crippen LogP contribution is 2.22. The molecule has 88 valence electrons.